The molecule has 1 N–H and O–H groups in total. The van der Waals surface area contributed by atoms with Crippen LogP contribution in [0, 0.1) is 0 Å². The molecule has 0 saturated carbocycles. The molecule has 5 nitrogen and oxygen atoms in total. The maximum atomic E-state index is 6.05. The quantitative estimate of drug-likeness (QED) is 0.365. The fourth-order valence-corrected chi connectivity index (χ4v) is 4.18. The number of halogens is 1. The third-order valence-corrected chi connectivity index (χ3v) is 5.89. The van der Waals surface area contributed by atoms with Crippen molar-refractivity contribution in [1.29, 1.82) is 0 Å². The lowest BCUT2D eigenvalue weighted by atomic mass is 10.1. The molecular weight excluding hydrogens is 414 g/mol. The zero-order chi connectivity index (χ0) is 20.3. The largest absolute Gasteiger partial charge is 0.265 e. The maximum Gasteiger partial charge on any atom is 0.112 e. The van der Waals surface area contributed by atoms with Crippen LogP contribution in [-0.4, -0.2) is 25.2 Å². The molecule has 0 aliphatic carbocycles. The van der Waals surface area contributed by atoms with E-state index in [9.17, 15) is 0 Å². The van der Waals surface area contributed by atoms with Crippen LogP contribution in [0.15, 0.2) is 101 Å². The van der Waals surface area contributed by atoms with Crippen LogP contribution >= 0.6 is 23.4 Å². The average Bonchev–Trinajstić information content (AvgIpc) is 3.47. The summed E-state index contributed by atoms with van der Waals surface area (Å²) in [6.07, 6.45) is 3.84. The third kappa shape index (κ3) is 3.87. The van der Waals surface area contributed by atoms with Gasteiger partial charge in [0, 0.05) is 33.4 Å². The van der Waals surface area contributed by atoms with Crippen LogP contribution in [0.5, 0.6) is 0 Å². The number of hydrogen-bond donors (Lipinski definition) is 1. The topological polar surface area (TPSA) is 59.4 Å². The summed E-state index contributed by atoms with van der Waals surface area (Å²) in [5.41, 5.74) is 4.79. The van der Waals surface area contributed by atoms with E-state index < -0.39 is 0 Å². The third-order valence-electron chi connectivity index (χ3n) is 4.61. The van der Waals surface area contributed by atoms with E-state index in [1.165, 1.54) is 0 Å². The SMILES string of the molecule is Clc1ccc(Sc2cn(-c3ccccc3)nc2-c2ccc(-c3c[nH]nn3)cc2)cc1. The lowest BCUT2D eigenvalue weighted by molar-refractivity contribution is 0.883. The van der Waals surface area contributed by atoms with Gasteiger partial charge in [0.25, 0.3) is 0 Å². The van der Waals surface area contributed by atoms with Gasteiger partial charge in [-0.15, -0.1) is 5.10 Å². The fourth-order valence-electron chi connectivity index (χ4n) is 3.12. The standard InChI is InChI=1S/C23H16ClN5S/c24-18-10-12-20(13-11-18)30-22-15-29(19-4-2-1-3-5-19)27-23(22)17-8-6-16(7-9-17)21-14-25-28-26-21/h1-15H,(H,25,26,28). The van der Waals surface area contributed by atoms with Gasteiger partial charge in [-0.05, 0) is 36.4 Å². The number of benzene rings is 3. The van der Waals surface area contributed by atoms with Crippen molar-refractivity contribution in [1.82, 2.24) is 25.2 Å². The molecule has 146 valence electrons. The first kappa shape index (κ1) is 18.7. The Morgan fingerprint density at radius 2 is 1.57 bits per heavy atom. The first-order valence-electron chi connectivity index (χ1n) is 9.32. The molecule has 0 aliphatic heterocycles. The second kappa shape index (κ2) is 8.18. The summed E-state index contributed by atoms with van der Waals surface area (Å²) in [4.78, 5) is 2.17. The maximum absolute atomic E-state index is 6.05. The molecular formula is C23H16ClN5S. The molecule has 0 amide bonds. The van der Waals surface area contributed by atoms with E-state index in [1.54, 1.807) is 18.0 Å². The van der Waals surface area contributed by atoms with E-state index in [0.29, 0.717) is 0 Å². The normalized spacial score (nSPS) is 11.0. The minimum absolute atomic E-state index is 0.725. The van der Waals surface area contributed by atoms with Gasteiger partial charge < -0.3 is 0 Å². The lowest BCUT2D eigenvalue weighted by Crippen LogP contribution is -1.94. The molecule has 0 bridgehead atoms. The summed E-state index contributed by atoms with van der Waals surface area (Å²) in [6.45, 7) is 0. The van der Waals surface area contributed by atoms with Gasteiger partial charge in [-0.25, -0.2) is 4.68 Å². The van der Waals surface area contributed by atoms with Crippen molar-refractivity contribution in [3.63, 3.8) is 0 Å². The second-order valence-corrected chi connectivity index (χ2v) is 8.17. The predicted octanol–water partition coefficient (Wildman–Crippen LogP) is 6.13. The Hall–Kier alpha value is -3.35. The molecule has 2 aromatic heterocycles. The molecule has 0 saturated heterocycles. The van der Waals surface area contributed by atoms with Gasteiger partial charge in [0.1, 0.15) is 11.4 Å². The van der Waals surface area contributed by atoms with Crippen molar-refractivity contribution in [3.8, 4) is 28.2 Å². The molecule has 5 aromatic rings. The average molecular weight is 430 g/mol. The Morgan fingerprint density at radius 3 is 2.27 bits per heavy atom. The Labute approximate surface area is 182 Å². The highest BCUT2D eigenvalue weighted by molar-refractivity contribution is 7.99. The van der Waals surface area contributed by atoms with Crippen molar-refractivity contribution in [2.75, 3.05) is 0 Å². The van der Waals surface area contributed by atoms with E-state index in [2.05, 4.69) is 33.7 Å². The van der Waals surface area contributed by atoms with Gasteiger partial charge >= 0.3 is 0 Å². The van der Waals surface area contributed by atoms with Crippen LogP contribution in [-0.2, 0) is 0 Å². The van der Waals surface area contributed by atoms with Crippen LogP contribution in [0.25, 0.3) is 28.2 Å². The predicted molar refractivity (Wildman–Crippen MR) is 120 cm³/mol. The minimum atomic E-state index is 0.725. The molecule has 0 unspecified atom stereocenters. The van der Waals surface area contributed by atoms with Gasteiger partial charge in [0.05, 0.1) is 10.6 Å². The van der Waals surface area contributed by atoms with Crippen molar-refractivity contribution >= 4 is 23.4 Å². The van der Waals surface area contributed by atoms with Crippen molar-refractivity contribution in [3.05, 3.63) is 96.3 Å². The Morgan fingerprint density at radius 1 is 0.833 bits per heavy atom. The molecule has 0 aliphatic rings. The van der Waals surface area contributed by atoms with Gasteiger partial charge in [-0.2, -0.15) is 5.10 Å². The molecule has 3 aromatic carbocycles. The summed E-state index contributed by atoms with van der Waals surface area (Å²) in [6, 6.07) is 26.1. The van der Waals surface area contributed by atoms with Crippen LogP contribution in [0.4, 0.5) is 0 Å². The van der Waals surface area contributed by atoms with E-state index in [0.717, 1.165) is 43.0 Å². The Bertz CT molecular complexity index is 1250. The van der Waals surface area contributed by atoms with Crippen LogP contribution in [0.2, 0.25) is 5.02 Å². The van der Waals surface area contributed by atoms with Crippen LogP contribution in [0.3, 0.4) is 0 Å². The Balaban J connectivity index is 1.55. The summed E-state index contributed by atoms with van der Waals surface area (Å²) >= 11 is 7.71. The number of nitrogens with one attached hydrogen (secondary N) is 1. The molecule has 0 spiro atoms. The molecule has 0 radical (unpaired) electrons. The first-order chi connectivity index (χ1) is 14.8. The summed E-state index contributed by atoms with van der Waals surface area (Å²) in [5.74, 6) is 0. The van der Waals surface area contributed by atoms with Crippen LogP contribution in [0.1, 0.15) is 0 Å². The van der Waals surface area contributed by atoms with Crippen LogP contribution < -0.4 is 0 Å². The summed E-state index contributed by atoms with van der Waals surface area (Å²) in [5, 5.41) is 16.2. The molecule has 5 rings (SSSR count). The Kier molecular flexibility index (Phi) is 5.09. The number of nitrogens with zero attached hydrogens (tertiary/aromatic N) is 4. The van der Waals surface area contributed by atoms with Gasteiger partial charge in [0.2, 0.25) is 0 Å². The molecule has 2 heterocycles. The minimum Gasteiger partial charge on any atom is -0.265 e. The number of hydrogen-bond acceptors (Lipinski definition) is 4. The second-order valence-electron chi connectivity index (χ2n) is 6.61. The fraction of sp³-hybridized carbons (Fsp3) is 0. The molecule has 0 fully saturated rings. The lowest BCUT2D eigenvalue weighted by Gasteiger charge is -2.04. The smallest absolute Gasteiger partial charge is 0.112 e. The van der Waals surface area contributed by atoms with E-state index in [-0.39, 0.29) is 0 Å². The van der Waals surface area contributed by atoms with Gasteiger partial charge in [-0.1, -0.05) is 71.0 Å². The van der Waals surface area contributed by atoms with E-state index in [4.69, 9.17) is 16.7 Å². The molecule has 30 heavy (non-hydrogen) atoms. The van der Waals surface area contributed by atoms with Crippen molar-refractivity contribution in [2.24, 2.45) is 0 Å². The van der Waals surface area contributed by atoms with E-state index >= 15 is 0 Å². The van der Waals surface area contributed by atoms with Gasteiger partial charge in [-0.3, -0.25) is 5.10 Å². The monoisotopic (exact) mass is 429 g/mol. The number of aromatic amines is 1. The summed E-state index contributed by atoms with van der Waals surface area (Å²) < 4.78 is 1.92. The zero-order valence-electron chi connectivity index (χ0n) is 15.7. The van der Waals surface area contributed by atoms with Crippen molar-refractivity contribution in [2.45, 2.75) is 9.79 Å². The molecule has 7 heteroatoms. The number of H-pyrrole nitrogens is 1. The summed E-state index contributed by atoms with van der Waals surface area (Å²) in [7, 11) is 0. The highest BCUT2D eigenvalue weighted by atomic mass is 35.5. The zero-order valence-corrected chi connectivity index (χ0v) is 17.3. The number of aromatic nitrogens is 5. The first-order valence-corrected chi connectivity index (χ1v) is 10.5. The van der Waals surface area contributed by atoms with Crippen molar-refractivity contribution < 1.29 is 0 Å². The van der Waals surface area contributed by atoms with E-state index in [1.807, 2.05) is 71.4 Å². The molecule has 0 atom stereocenters. The number of para-hydroxylation sites is 1. The number of rotatable bonds is 5. The van der Waals surface area contributed by atoms with Gasteiger partial charge in [0.15, 0.2) is 0 Å². The highest BCUT2D eigenvalue weighted by Crippen LogP contribution is 2.37. The highest BCUT2D eigenvalue weighted by Gasteiger charge is 2.14.